The molecular weight excluding hydrogens is 217 g/mol. The number of nitrogens with one attached hydrogen (secondary N) is 1. The van der Waals surface area contributed by atoms with Gasteiger partial charge >= 0.3 is 5.97 Å². The number of ether oxygens (including phenoxy) is 1. The van der Waals surface area contributed by atoms with Crippen molar-refractivity contribution in [1.29, 1.82) is 0 Å². The van der Waals surface area contributed by atoms with Crippen LogP contribution in [0.25, 0.3) is 0 Å². The van der Waals surface area contributed by atoms with Gasteiger partial charge in [0.25, 0.3) is 0 Å². The van der Waals surface area contributed by atoms with E-state index in [4.69, 9.17) is 4.74 Å². The third-order valence-electron chi connectivity index (χ3n) is 3.31. The van der Waals surface area contributed by atoms with Gasteiger partial charge in [-0.05, 0) is 12.5 Å². The first-order valence-electron chi connectivity index (χ1n) is 5.85. The molecular formula is C12H13BNO3. The molecule has 0 saturated carbocycles. The molecule has 0 spiro atoms. The largest absolute Gasteiger partial charge is 0.487 e. The summed E-state index contributed by atoms with van der Waals surface area (Å²) < 4.78 is 5.70. The molecule has 1 fully saturated rings. The highest BCUT2D eigenvalue weighted by molar-refractivity contribution is 6.57. The Bertz CT molecular complexity index is 471. The minimum Gasteiger partial charge on any atom is -0.487 e. The summed E-state index contributed by atoms with van der Waals surface area (Å²) in [4.78, 5) is 11.4. The summed E-state index contributed by atoms with van der Waals surface area (Å²) in [5, 5.41) is 12.4. The Balaban J connectivity index is 1.98. The molecule has 4 nitrogen and oxygen atoms in total. The second-order valence-corrected chi connectivity index (χ2v) is 4.46. The van der Waals surface area contributed by atoms with Gasteiger partial charge in [-0.1, -0.05) is 23.4 Å². The number of carboxylic acid groups (broad SMARTS) is 1. The van der Waals surface area contributed by atoms with E-state index in [0.29, 0.717) is 11.3 Å². The lowest BCUT2D eigenvalue weighted by Gasteiger charge is -2.28. The number of hydrogen-bond acceptors (Lipinski definition) is 3. The fourth-order valence-electron chi connectivity index (χ4n) is 2.31. The van der Waals surface area contributed by atoms with E-state index in [9.17, 15) is 9.90 Å². The molecule has 1 saturated heterocycles. The molecule has 2 aliphatic heterocycles. The Labute approximate surface area is 100 Å². The van der Waals surface area contributed by atoms with Gasteiger partial charge in [-0.25, -0.2) is 4.79 Å². The van der Waals surface area contributed by atoms with E-state index in [2.05, 4.69) is 5.32 Å². The molecule has 0 unspecified atom stereocenters. The molecule has 1 radical (unpaired) electrons. The molecule has 0 bridgehead atoms. The van der Waals surface area contributed by atoms with E-state index in [0.717, 1.165) is 36.9 Å². The van der Waals surface area contributed by atoms with Crippen molar-refractivity contribution in [2.24, 2.45) is 0 Å². The second-order valence-electron chi connectivity index (χ2n) is 4.46. The topological polar surface area (TPSA) is 58.6 Å². The summed E-state index contributed by atoms with van der Waals surface area (Å²) in [6.07, 6.45) is 1.96. The minimum absolute atomic E-state index is 0.104. The summed E-state index contributed by atoms with van der Waals surface area (Å²) in [6.45, 7) is 1.58. The Morgan fingerprint density at radius 1 is 1.47 bits per heavy atom. The van der Waals surface area contributed by atoms with Crippen molar-refractivity contribution in [2.45, 2.75) is 18.8 Å². The van der Waals surface area contributed by atoms with Crippen LogP contribution in [-0.4, -0.2) is 37.5 Å². The lowest BCUT2D eigenvalue weighted by Crippen LogP contribution is -2.50. The van der Waals surface area contributed by atoms with E-state index in [-0.39, 0.29) is 6.10 Å². The number of aryl methyl sites for hydroxylation is 1. The number of aromatic carboxylic acids is 1. The van der Waals surface area contributed by atoms with Crippen LogP contribution in [0.1, 0.15) is 15.9 Å². The Kier molecular flexibility index (Phi) is 2.55. The smallest absolute Gasteiger partial charge is 0.338 e. The van der Waals surface area contributed by atoms with Crippen LogP contribution in [0.3, 0.4) is 0 Å². The summed E-state index contributed by atoms with van der Waals surface area (Å²) >= 11 is 0. The second kappa shape index (κ2) is 4.07. The summed E-state index contributed by atoms with van der Waals surface area (Å²) in [5.74, 6) is -0.400. The zero-order valence-electron chi connectivity index (χ0n) is 9.40. The number of rotatable bonds is 3. The molecule has 1 aromatic rings. The van der Waals surface area contributed by atoms with Gasteiger partial charge in [0.05, 0.1) is 5.56 Å². The first-order chi connectivity index (χ1) is 8.25. The van der Waals surface area contributed by atoms with Crippen LogP contribution in [0, 0.1) is 0 Å². The standard InChI is InChI=1S/C12H13BNO3/c15-12(16)10-9(17-8-5-14-6-8)2-1-7-3-4-13-11(7)10/h1-2,8,14H,3-6H2,(H,15,16). The van der Waals surface area contributed by atoms with Crippen molar-refractivity contribution in [1.82, 2.24) is 5.32 Å². The predicted molar refractivity (Wildman–Crippen MR) is 64.6 cm³/mol. The molecule has 0 amide bonds. The molecule has 2 heterocycles. The van der Waals surface area contributed by atoms with Crippen LogP contribution in [0.2, 0.25) is 6.32 Å². The Morgan fingerprint density at radius 3 is 2.94 bits per heavy atom. The van der Waals surface area contributed by atoms with Gasteiger partial charge in [0, 0.05) is 13.1 Å². The highest BCUT2D eigenvalue weighted by atomic mass is 16.5. The quantitative estimate of drug-likeness (QED) is 0.720. The lowest BCUT2D eigenvalue weighted by molar-refractivity contribution is 0.0686. The van der Waals surface area contributed by atoms with Gasteiger partial charge < -0.3 is 15.2 Å². The molecule has 0 aliphatic carbocycles. The van der Waals surface area contributed by atoms with Crippen LogP contribution in [-0.2, 0) is 6.42 Å². The number of hydrogen-bond donors (Lipinski definition) is 2. The highest BCUT2D eigenvalue weighted by Crippen LogP contribution is 2.24. The third-order valence-corrected chi connectivity index (χ3v) is 3.31. The van der Waals surface area contributed by atoms with Crippen LogP contribution in [0.5, 0.6) is 5.75 Å². The number of benzene rings is 1. The van der Waals surface area contributed by atoms with Crippen LogP contribution >= 0.6 is 0 Å². The maximum Gasteiger partial charge on any atom is 0.338 e. The first-order valence-corrected chi connectivity index (χ1v) is 5.85. The Morgan fingerprint density at radius 2 is 2.29 bits per heavy atom. The minimum atomic E-state index is -0.901. The zero-order valence-corrected chi connectivity index (χ0v) is 9.40. The van der Waals surface area contributed by atoms with Gasteiger partial charge in [-0.15, -0.1) is 0 Å². The molecule has 1 aromatic carbocycles. The normalized spacial score (nSPS) is 18.1. The maximum absolute atomic E-state index is 11.4. The summed E-state index contributed by atoms with van der Waals surface area (Å²) in [7, 11) is 1.99. The van der Waals surface area contributed by atoms with E-state index in [1.807, 2.05) is 13.3 Å². The van der Waals surface area contributed by atoms with Crippen molar-refractivity contribution < 1.29 is 14.6 Å². The first kappa shape index (κ1) is 10.7. The van der Waals surface area contributed by atoms with Crippen molar-refractivity contribution in [3.05, 3.63) is 23.3 Å². The van der Waals surface area contributed by atoms with Crippen LogP contribution in [0.4, 0.5) is 0 Å². The number of fused-ring (bicyclic) bond motifs is 1. The molecule has 17 heavy (non-hydrogen) atoms. The maximum atomic E-state index is 11.4. The third kappa shape index (κ3) is 1.80. The number of carbonyl (C=O) groups is 1. The van der Waals surface area contributed by atoms with Crippen molar-refractivity contribution >= 4 is 18.7 Å². The highest BCUT2D eigenvalue weighted by Gasteiger charge is 2.26. The molecule has 2 N–H and O–H groups in total. The predicted octanol–water partition coefficient (Wildman–Crippen LogP) is 0.0393. The van der Waals surface area contributed by atoms with Crippen LogP contribution in [0.15, 0.2) is 12.1 Å². The SMILES string of the molecule is O=C(O)c1c(OC2CNC2)ccc2c1[B]CC2. The fourth-order valence-corrected chi connectivity index (χ4v) is 2.31. The van der Waals surface area contributed by atoms with Gasteiger partial charge in [0.15, 0.2) is 7.28 Å². The molecule has 3 rings (SSSR count). The molecule has 0 aromatic heterocycles. The molecule has 87 valence electrons. The number of carboxylic acids is 1. The molecule has 0 atom stereocenters. The van der Waals surface area contributed by atoms with E-state index < -0.39 is 5.97 Å². The van der Waals surface area contributed by atoms with Gasteiger partial charge in [0.2, 0.25) is 0 Å². The van der Waals surface area contributed by atoms with Crippen LogP contribution < -0.4 is 15.5 Å². The monoisotopic (exact) mass is 230 g/mol. The van der Waals surface area contributed by atoms with Gasteiger partial charge in [0.1, 0.15) is 11.9 Å². The van der Waals surface area contributed by atoms with E-state index in [1.165, 1.54) is 0 Å². The van der Waals surface area contributed by atoms with E-state index >= 15 is 0 Å². The van der Waals surface area contributed by atoms with Crippen molar-refractivity contribution in [3.8, 4) is 5.75 Å². The zero-order chi connectivity index (χ0) is 11.8. The average Bonchev–Trinajstić information content (AvgIpc) is 2.69. The molecule has 5 heteroatoms. The summed E-state index contributed by atoms with van der Waals surface area (Å²) in [6, 6.07) is 3.77. The van der Waals surface area contributed by atoms with Gasteiger partial charge in [-0.3, -0.25) is 0 Å². The Hall–Kier alpha value is -1.49. The van der Waals surface area contributed by atoms with E-state index in [1.54, 1.807) is 6.07 Å². The lowest BCUT2D eigenvalue weighted by atomic mass is 9.70. The fraction of sp³-hybridized carbons (Fsp3) is 0.417. The van der Waals surface area contributed by atoms with Crippen molar-refractivity contribution in [2.75, 3.05) is 13.1 Å². The average molecular weight is 230 g/mol. The van der Waals surface area contributed by atoms with Crippen molar-refractivity contribution in [3.63, 3.8) is 0 Å². The summed E-state index contributed by atoms with van der Waals surface area (Å²) in [5.41, 5.74) is 2.29. The van der Waals surface area contributed by atoms with Gasteiger partial charge in [-0.2, -0.15) is 0 Å². The molecule has 2 aliphatic rings.